The zero-order valence-electron chi connectivity index (χ0n) is 17.2. The number of hydrogen-bond donors (Lipinski definition) is 0. The van der Waals surface area contributed by atoms with Crippen LogP contribution in [0.15, 0.2) is 23.4 Å². The Balaban J connectivity index is 1.75. The molecule has 0 radical (unpaired) electrons. The Bertz CT molecular complexity index is 989. The predicted molar refractivity (Wildman–Crippen MR) is 113 cm³/mol. The van der Waals surface area contributed by atoms with E-state index in [0.717, 1.165) is 23.2 Å². The van der Waals surface area contributed by atoms with Crippen LogP contribution in [0.4, 0.5) is 0 Å². The highest BCUT2D eigenvalue weighted by molar-refractivity contribution is 7.99. The van der Waals surface area contributed by atoms with E-state index in [2.05, 4.69) is 21.6 Å². The Labute approximate surface area is 176 Å². The van der Waals surface area contributed by atoms with E-state index in [4.69, 9.17) is 0 Å². The van der Waals surface area contributed by atoms with Crippen molar-refractivity contribution in [2.75, 3.05) is 17.3 Å². The molecule has 0 spiro atoms. The van der Waals surface area contributed by atoms with E-state index < -0.39 is 9.84 Å². The third-order valence-electron chi connectivity index (χ3n) is 5.30. The lowest BCUT2D eigenvalue weighted by atomic mass is 10.1. The predicted octanol–water partition coefficient (Wildman–Crippen LogP) is 2.19. The summed E-state index contributed by atoms with van der Waals surface area (Å²) in [6, 6.07) is 5.74. The van der Waals surface area contributed by atoms with Gasteiger partial charge in [0.05, 0.1) is 22.9 Å². The molecule has 1 saturated heterocycles. The van der Waals surface area contributed by atoms with Gasteiger partial charge in [0.1, 0.15) is 0 Å². The SMILES string of the molecule is CCC(C)N(C(=O)CSc1nnnn1-c1ccc(C)cc1C)C1CCS(=O)(=O)C1. The second kappa shape index (κ2) is 8.83. The van der Waals surface area contributed by atoms with Gasteiger partial charge in [-0.1, -0.05) is 36.4 Å². The van der Waals surface area contributed by atoms with E-state index in [0.29, 0.717) is 11.6 Å². The van der Waals surface area contributed by atoms with Crippen LogP contribution in [0.25, 0.3) is 5.69 Å². The molecule has 0 aliphatic carbocycles. The highest BCUT2D eigenvalue weighted by atomic mass is 32.2. The molecule has 1 fully saturated rings. The molecular formula is C19H27N5O3S2. The Morgan fingerprint density at radius 2 is 2.14 bits per heavy atom. The molecule has 2 atom stereocenters. The first-order valence-corrected chi connectivity index (χ1v) is 12.5. The number of aromatic nitrogens is 4. The zero-order chi connectivity index (χ0) is 21.2. The van der Waals surface area contributed by atoms with E-state index in [9.17, 15) is 13.2 Å². The van der Waals surface area contributed by atoms with Gasteiger partial charge in [0.25, 0.3) is 0 Å². The molecule has 29 heavy (non-hydrogen) atoms. The minimum Gasteiger partial charge on any atom is -0.335 e. The Morgan fingerprint density at radius 3 is 2.76 bits per heavy atom. The first-order chi connectivity index (χ1) is 13.7. The molecule has 8 nitrogen and oxygen atoms in total. The monoisotopic (exact) mass is 437 g/mol. The molecule has 0 bridgehead atoms. The van der Waals surface area contributed by atoms with Crippen LogP contribution in [0.5, 0.6) is 0 Å². The quantitative estimate of drug-likeness (QED) is 0.612. The fourth-order valence-corrected chi connectivity index (χ4v) is 6.13. The second-order valence-electron chi connectivity index (χ2n) is 7.57. The topological polar surface area (TPSA) is 98.1 Å². The number of benzene rings is 1. The summed E-state index contributed by atoms with van der Waals surface area (Å²) in [5, 5.41) is 12.5. The summed E-state index contributed by atoms with van der Waals surface area (Å²) >= 11 is 1.27. The molecule has 2 heterocycles. The fraction of sp³-hybridized carbons (Fsp3) is 0.579. The van der Waals surface area contributed by atoms with Crippen LogP contribution >= 0.6 is 11.8 Å². The van der Waals surface area contributed by atoms with E-state index in [1.165, 1.54) is 11.8 Å². The van der Waals surface area contributed by atoms with Crippen molar-refractivity contribution in [3.8, 4) is 5.69 Å². The van der Waals surface area contributed by atoms with Crippen LogP contribution < -0.4 is 0 Å². The van der Waals surface area contributed by atoms with Crippen LogP contribution in [0, 0.1) is 13.8 Å². The second-order valence-corrected chi connectivity index (χ2v) is 10.7. The molecule has 1 aliphatic heterocycles. The average Bonchev–Trinajstić information content (AvgIpc) is 3.26. The third-order valence-corrected chi connectivity index (χ3v) is 7.96. The lowest BCUT2D eigenvalue weighted by molar-refractivity contribution is -0.132. The van der Waals surface area contributed by atoms with Crippen molar-refractivity contribution >= 4 is 27.5 Å². The first kappa shape index (κ1) is 21.8. The average molecular weight is 438 g/mol. The van der Waals surface area contributed by atoms with Crippen molar-refractivity contribution in [3.05, 3.63) is 29.3 Å². The van der Waals surface area contributed by atoms with Gasteiger partial charge >= 0.3 is 0 Å². The summed E-state index contributed by atoms with van der Waals surface area (Å²) < 4.78 is 25.5. The molecule has 10 heteroatoms. The Morgan fingerprint density at radius 1 is 1.38 bits per heavy atom. The first-order valence-electron chi connectivity index (χ1n) is 9.72. The number of thioether (sulfide) groups is 1. The number of rotatable bonds is 7. The molecule has 1 aromatic heterocycles. The van der Waals surface area contributed by atoms with Crippen LogP contribution in [0.1, 0.15) is 37.8 Å². The molecule has 158 valence electrons. The van der Waals surface area contributed by atoms with Gasteiger partial charge < -0.3 is 4.90 Å². The van der Waals surface area contributed by atoms with Crippen LogP contribution in [0.2, 0.25) is 0 Å². The number of hydrogen-bond acceptors (Lipinski definition) is 7. The maximum absolute atomic E-state index is 13.0. The van der Waals surface area contributed by atoms with Gasteiger partial charge in [-0.05, 0) is 55.7 Å². The van der Waals surface area contributed by atoms with Gasteiger partial charge in [-0.3, -0.25) is 4.79 Å². The summed E-state index contributed by atoms with van der Waals surface area (Å²) in [7, 11) is -3.06. The number of sulfone groups is 1. The molecule has 0 N–H and O–H groups in total. The number of carbonyl (C=O) groups is 1. The van der Waals surface area contributed by atoms with E-state index in [1.54, 1.807) is 9.58 Å². The number of carbonyl (C=O) groups excluding carboxylic acids is 1. The van der Waals surface area contributed by atoms with Crippen molar-refractivity contribution in [1.29, 1.82) is 0 Å². The number of aryl methyl sites for hydroxylation is 2. The number of tetrazole rings is 1. The molecule has 2 aromatic rings. The van der Waals surface area contributed by atoms with Crippen molar-refractivity contribution < 1.29 is 13.2 Å². The Kier molecular flexibility index (Phi) is 6.62. The maximum atomic E-state index is 13.0. The minimum absolute atomic E-state index is 0.0169. The van der Waals surface area contributed by atoms with Crippen molar-refractivity contribution in [1.82, 2.24) is 25.1 Å². The third kappa shape index (κ3) is 4.98. The van der Waals surface area contributed by atoms with Crippen molar-refractivity contribution in [2.24, 2.45) is 0 Å². The largest absolute Gasteiger partial charge is 0.335 e. The summed E-state index contributed by atoms with van der Waals surface area (Å²) in [5.74, 6) is 0.276. The highest BCUT2D eigenvalue weighted by Crippen LogP contribution is 2.25. The molecule has 1 amide bonds. The summed E-state index contributed by atoms with van der Waals surface area (Å²) in [5.41, 5.74) is 3.07. The van der Waals surface area contributed by atoms with Gasteiger partial charge in [0.15, 0.2) is 9.84 Å². The van der Waals surface area contributed by atoms with Crippen molar-refractivity contribution in [3.63, 3.8) is 0 Å². The van der Waals surface area contributed by atoms with Crippen LogP contribution in [0.3, 0.4) is 0 Å². The standard InChI is InChI=1S/C19H27N5O3S2/c1-5-15(4)23(16-8-9-29(26,27)12-16)18(25)11-28-19-20-21-22-24(19)17-7-6-13(2)10-14(17)3/h6-7,10,15-16H,5,8-9,11-12H2,1-4H3. The molecule has 3 rings (SSSR count). The van der Waals surface area contributed by atoms with Gasteiger partial charge in [-0.25, -0.2) is 8.42 Å². The van der Waals surface area contributed by atoms with Gasteiger partial charge in [0.2, 0.25) is 11.1 Å². The smallest absolute Gasteiger partial charge is 0.233 e. The summed E-state index contributed by atoms with van der Waals surface area (Å²) in [6.07, 6.45) is 1.27. The van der Waals surface area contributed by atoms with E-state index in [1.807, 2.05) is 39.8 Å². The molecule has 1 aliphatic rings. The lowest BCUT2D eigenvalue weighted by Crippen LogP contribution is -2.47. The van der Waals surface area contributed by atoms with E-state index in [-0.39, 0.29) is 35.2 Å². The lowest BCUT2D eigenvalue weighted by Gasteiger charge is -2.33. The molecule has 1 aromatic carbocycles. The van der Waals surface area contributed by atoms with E-state index >= 15 is 0 Å². The summed E-state index contributed by atoms with van der Waals surface area (Å²) in [6.45, 7) is 7.99. The van der Waals surface area contributed by atoms with Gasteiger partial charge in [-0.2, -0.15) is 4.68 Å². The number of nitrogens with zero attached hydrogens (tertiary/aromatic N) is 5. The zero-order valence-corrected chi connectivity index (χ0v) is 18.8. The molecule has 0 saturated carbocycles. The normalized spacial score (nSPS) is 19.2. The molecule has 2 unspecified atom stereocenters. The molecular weight excluding hydrogens is 410 g/mol. The van der Waals surface area contributed by atoms with Crippen LogP contribution in [-0.2, 0) is 14.6 Å². The fourth-order valence-electron chi connectivity index (χ4n) is 3.66. The maximum Gasteiger partial charge on any atom is 0.233 e. The van der Waals surface area contributed by atoms with Gasteiger partial charge in [0, 0.05) is 12.1 Å². The number of amides is 1. The van der Waals surface area contributed by atoms with Crippen LogP contribution in [-0.4, -0.2) is 68.8 Å². The Hall–Kier alpha value is -1.94. The summed E-state index contributed by atoms with van der Waals surface area (Å²) in [4.78, 5) is 14.8. The minimum atomic E-state index is -3.06. The van der Waals surface area contributed by atoms with Gasteiger partial charge in [-0.15, -0.1) is 5.10 Å². The highest BCUT2D eigenvalue weighted by Gasteiger charge is 2.36. The van der Waals surface area contributed by atoms with Crippen molar-refractivity contribution in [2.45, 2.75) is 57.8 Å².